The lowest BCUT2D eigenvalue weighted by Crippen LogP contribution is -2.57. The third kappa shape index (κ3) is 8.05. The van der Waals surface area contributed by atoms with E-state index in [2.05, 4.69) is 0 Å². The van der Waals surface area contributed by atoms with Crippen molar-refractivity contribution in [3.05, 3.63) is 108 Å². The first-order valence-corrected chi connectivity index (χ1v) is 12.1. The molecule has 0 fully saturated rings. The highest BCUT2D eigenvalue weighted by Gasteiger charge is 2.32. The number of carbonyl (C=O) groups excluding carboxylic acids is 1. The minimum Gasteiger partial charge on any atom is -0.480 e. The number of hydrogen-bond acceptors (Lipinski definition) is 4. The van der Waals surface area contributed by atoms with E-state index < -0.39 is 12.0 Å². The lowest BCUT2D eigenvalue weighted by Gasteiger charge is -2.40. The van der Waals surface area contributed by atoms with Gasteiger partial charge in [0.1, 0.15) is 12.6 Å². The molecule has 1 N–H and O–H groups in total. The highest BCUT2D eigenvalue weighted by atomic mass is 16.4. The summed E-state index contributed by atoms with van der Waals surface area (Å²) < 4.78 is 0. The van der Waals surface area contributed by atoms with Crippen molar-refractivity contribution in [1.29, 1.82) is 0 Å². The maximum absolute atomic E-state index is 13.8. The second kappa shape index (κ2) is 13.4. The van der Waals surface area contributed by atoms with Gasteiger partial charge in [0, 0.05) is 26.7 Å². The zero-order valence-corrected chi connectivity index (χ0v) is 20.6. The molecule has 0 aromatic heterocycles. The van der Waals surface area contributed by atoms with Gasteiger partial charge >= 0.3 is 5.97 Å². The van der Waals surface area contributed by atoms with E-state index in [0.29, 0.717) is 32.5 Å². The van der Waals surface area contributed by atoms with Crippen LogP contribution in [0.25, 0.3) is 0 Å². The van der Waals surface area contributed by atoms with E-state index in [1.54, 1.807) is 4.90 Å². The second-order valence-electron chi connectivity index (χ2n) is 8.66. The topological polar surface area (TPSA) is 64.1 Å². The van der Waals surface area contributed by atoms with Gasteiger partial charge in [-0.05, 0) is 29.5 Å². The minimum atomic E-state index is -0.917. The number of carboxylic acid groups (broad SMARTS) is 1. The number of carbonyl (C=O) groups is 2. The SMILES string of the molecule is CCN([C@@H](Cc1ccccc1)C(=O)N(C)Cc1ccccc1)N(CCc1ccccc1)CC(=O)O. The molecule has 3 aromatic carbocycles. The Kier molecular flexibility index (Phi) is 10.0. The van der Waals surface area contributed by atoms with Gasteiger partial charge in [-0.3, -0.25) is 9.59 Å². The summed E-state index contributed by atoms with van der Waals surface area (Å²) in [5.41, 5.74) is 3.22. The lowest BCUT2D eigenvalue weighted by atomic mass is 10.0. The fourth-order valence-electron chi connectivity index (χ4n) is 4.32. The Morgan fingerprint density at radius 3 is 1.83 bits per heavy atom. The zero-order valence-electron chi connectivity index (χ0n) is 20.6. The summed E-state index contributed by atoms with van der Waals surface area (Å²) >= 11 is 0. The maximum atomic E-state index is 13.8. The molecule has 3 rings (SSSR count). The number of hydrazine groups is 1. The molecule has 0 bridgehead atoms. The molecule has 6 nitrogen and oxygen atoms in total. The standard InChI is InChI=1S/C29H35N3O3/c1-3-32(31(23-28(33)34)20-19-24-13-7-4-8-14-24)27(21-25-15-9-5-10-16-25)29(35)30(2)22-26-17-11-6-12-18-26/h4-18,27H,3,19-23H2,1-2H3,(H,33,34)/t27-/m0/s1. The molecule has 0 unspecified atom stereocenters. The molecule has 3 aromatic rings. The summed E-state index contributed by atoms with van der Waals surface area (Å²) in [5, 5.41) is 13.4. The largest absolute Gasteiger partial charge is 0.480 e. The van der Waals surface area contributed by atoms with E-state index >= 15 is 0 Å². The number of benzene rings is 3. The number of rotatable bonds is 13. The van der Waals surface area contributed by atoms with Crippen LogP contribution in [0.2, 0.25) is 0 Å². The third-order valence-electron chi connectivity index (χ3n) is 6.06. The van der Waals surface area contributed by atoms with Crippen LogP contribution in [0.3, 0.4) is 0 Å². The van der Waals surface area contributed by atoms with E-state index in [9.17, 15) is 14.7 Å². The average molecular weight is 474 g/mol. The summed E-state index contributed by atoms with van der Waals surface area (Å²) in [6, 6.07) is 29.3. The molecule has 0 saturated heterocycles. The van der Waals surface area contributed by atoms with Crippen LogP contribution in [0.5, 0.6) is 0 Å². The van der Waals surface area contributed by atoms with Crippen LogP contribution in [0, 0.1) is 0 Å². The molecule has 184 valence electrons. The number of nitrogens with zero attached hydrogens (tertiary/aromatic N) is 3. The summed E-state index contributed by atoms with van der Waals surface area (Å²) in [7, 11) is 1.81. The Morgan fingerprint density at radius 2 is 1.31 bits per heavy atom. The quantitative estimate of drug-likeness (QED) is 0.378. The normalized spacial score (nSPS) is 12.0. The van der Waals surface area contributed by atoms with Gasteiger partial charge in [-0.15, -0.1) is 0 Å². The van der Waals surface area contributed by atoms with Crippen LogP contribution in [-0.2, 0) is 29.0 Å². The van der Waals surface area contributed by atoms with Crippen LogP contribution in [0.15, 0.2) is 91.0 Å². The summed E-state index contributed by atoms with van der Waals surface area (Å²) in [6.45, 7) is 3.32. The fraction of sp³-hybridized carbons (Fsp3) is 0.310. The molecular weight excluding hydrogens is 438 g/mol. The average Bonchev–Trinajstić information content (AvgIpc) is 2.88. The molecular formula is C29H35N3O3. The van der Waals surface area contributed by atoms with Gasteiger partial charge in [0.05, 0.1) is 0 Å². The van der Waals surface area contributed by atoms with Gasteiger partial charge in [0.15, 0.2) is 0 Å². The molecule has 0 heterocycles. The fourth-order valence-corrected chi connectivity index (χ4v) is 4.32. The van der Waals surface area contributed by atoms with Crippen molar-refractivity contribution in [2.75, 3.05) is 26.7 Å². The van der Waals surface area contributed by atoms with Crippen molar-refractivity contribution < 1.29 is 14.7 Å². The highest BCUT2D eigenvalue weighted by Crippen LogP contribution is 2.17. The van der Waals surface area contributed by atoms with E-state index in [4.69, 9.17) is 0 Å². The number of hydrogen-bond donors (Lipinski definition) is 1. The van der Waals surface area contributed by atoms with Gasteiger partial charge in [0.2, 0.25) is 5.91 Å². The molecule has 35 heavy (non-hydrogen) atoms. The Labute approximate surface area is 208 Å². The van der Waals surface area contributed by atoms with E-state index in [-0.39, 0.29) is 12.5 Å². The first-order valence-electron chi connectivity index (χ1n) is 12.1. The first-order chi connectivity index (χ1) is 17.0. The van der Waals surface area contributed by atoms with Crippen LogP contribution < -0.4 is 0 Å². The molecule has 6 heteroatoms. The third-order valence-corrected chi connectivity index (χ3v) is 6.06. The van der Waals surface area contributed by atoms with Gasteiger partial charge in [-0.25, -0.2) is 10.0 Å². The zero-order chi connectivity index (χ0) is 25.0. The Hall–Kier alpha value is -3.48. The van der Waals surface area contributed by atoms with Crippen molar-refractivity contribution in [3.8, 4) is 0 Å². The Bertz CT molecular complexity index is 1040. The number of amides is 1. The predicted octanol–water partition coefficient (Wildman–Crippen LogP) is 4.12. The maximum Gasteiger partial charge on any atom is 0.319 e. The molecule has 0 saturated carbocycles. The van der Waals surface area contributed by atoms with Crippen LogP contribution >= 0.6 is 0 Å². The van der Waals surface area contributed by atoms with Crippen LogP contribution in [-0.4, -0.2) is 64.6 Å². The number of aliphatic carboxylic acids is 1. The molecule has 1 atom stereocenters. The first kappa shape index (κ1) is 26.1. The Balaban J connectivity index is 1.87. The Morgan fingerprint density at radius 1 is 0.800 bits per heavy atom. The van der Waals surface area contributed by atoms with Gasteiger partial charge < -0.3 is 10.0 Å². The van der Waals surface area contributed by atoms with Gasteiger partial charge in [0.25, 0.3) is 0 Å². The number of likely N-dealkylation sites (N-methyl/N-ethyl adjacent to an activating group) is 2. The van der Waals surface area contributed by atoms with Crippen molar-refractivity contribution in [3.63, 3.8) is 0 Å². The molecule has 0 aliphatic rings. The van der Waals surface area contributed by atoms with Crippen LogP contribution in [0.4, 0.5) is 0 Å². The van der Waals surface area contributed by atoms with Crippen LogP contribution in [0.1, 0.15) is 23.6 Å². The van der Waals surface area contributed by atoms with Crippen molar-refractivity contribution in [2.45, 2.75) is 32.4 Å². The molecule has 0 radical (unpaired) electrons. The summed E-state index contributed by atoms with van der Waals surface area (Å²) in [5.74, 6) is -0.949. The summed E-state index contributed by atoms with van der Waals surface area (Å²) in [4.78, 5) is 27.4. The molecule has 0 spiro atoms. The van der Waals surface area contributed by atoms with Crippen molar-refractivity contribution in [2.24, 2.45) is 0 Å². The van der Waals surface area contributed by atoms with Crippen molar-refractivity contribution in [1.82, 2.24) is 14.9 Å². The second-order valence-corrected chi connectivity index (χ2v) is 8.66. The van der Waals surface area contributed by atoms with E-state index in [1.165, 1.54) is 0 Å². The smallest absolute Gasteiger partial charge is 0.319 e. The van der Waals surface area contributed by atoms with E-state index in [1.807, 2.05) is 115 Å². The lowest BCUT2D eigenvalue weighted by molar-refractivity contribution is -0.155. The summed E-state index contributed by atoms with van der Waals surface area (Å²) in [6.07, 6.45) is 1.19. The van der Waals surface area contributed by atoms with Gasteiger partial charge in [-0.1, -0.05) is 97.9 Å². The monoisotopic (exact) mass is 473 g/mol. The molecule has 1 amide bonds. The van der Waals surface area contributed by atoms with Crippen molar-refractivity contribution >= 4 is 11.9 Å². The highest BCUT2D eigenvalue weighted by molar-refractivity contribution is 5.82. The van der Waals surface area contributed by atoms with E-state index in [0.717, 1.165) is 16.7 Å². The molecule has 0 aliphatic carbocycles. The van der Waals surface area contributed by atoms with Gasteiger partial charge in [-0.2, -0.15) is 0 Å². The minimum absolute atomic E-state index is 0.0327. The predicted molar refractivity (Wildman–Crippen MR) is 139 cm³/mol. The number of carboxylic acids is 1. The molecule has 0 aliphatic heterocycles.